The summed E-state index contributed by atoms with van der Waals surface area (Å²) in [5.74, 6) is -0.621. The number of ether oxygens (including phenoxy) is 2. The quantitative estimate of drug-likeness (QED) is 0.136. The zero-order valence-electron chi connectivity index (χ0n) is 18.8. The van der Waals surface area contributed by atoms with Crippen LogP contribution in [0.25, 0.3) is 0 Å². The Kier molecular flexibility index (Phi) is 15.7. The summed E-state index contributed by atoms with van der Waals surface area (Å²) in [4.78, 5) is 21.9. The highest BCUT2D eigenvalue weighted by molar-refractivity contribution is 7.79. The van der Waals surface area contributed by atoms with Gasteiger partial charge in [0, 0.05) is 21.5 Å². The van der Waals surface area contributed by atoms with Gasteiger partial charge in [0.2, 0.25) is 13.5 Å². The van der Waals surface area contributed by atoms with E-state index in [4.69, 9.17) is 27.0 Å². The highest BCUT2D eigenvalue weighted by Crippen LogP contribution is 2.00. The molecule has 0 saturated carbocycles. The smallest absolute Gasteiger partial charge is 0.337 e. The summed E-state index contributed by atoms with van der Waals surface area (Å²) < 4.78 is 45.4. The van der Waals surface area contributed by atoms with E-state index in [0.717, 1.165) is 13.1 Å². The van der Waals surface area contributed by atoms with Gasteiger partial charge in [0.25, 0.3) is 0 Å². The Balaban J connectivity index is -0.000000380. The van der Waals surface area contributed by atoms with Crippen molar-refractivity contribution < 1.29 is 45.6 Å². The SMILES string of the molecule is C=C(C)C(=O)OC[N+](C)(C)CC.C=C(C)C(=O)OC[N+](C)(C)CC.O=S(=O)([O-])[O-]. The molecule has 0 aromatic carbocycles. The van der Waals surface area contributed by atoms with Crippen LogP contribution in [0.2, 0.25) is 0 Å². The molecule has 0 atom stereocenters. The lowest BCUT2D eigenvalue weighted by Gasteiger charge is -2.26. The molecule has 0 aliphatic heterocycles. The monoisotopic (exact) mass is 440 g/mol. The predicted octanol–water partition coefficient (Wildman–Crippen LogP) is 0.981. The average Bonchev–Trinajstić information content (AvgIpc) is 2.56. The van der Waals surface area contributed by atoms with Crippen LogP contribution in [0.15, 0.2) is 24.3 Å². The molecule has 0 aliphatic carbocycles. The number of esters is 2. The molecule has 0 heterocycles. The molecule has 10 nitrogen and oxygen atoms in total. The summed E-state index contributed by atoms with van der Waals surface area (Å²) in [7, 11) is 2.86. The fourth-order valence-corrected chi connectivity index (χ4v) is 0.896. The third-order valence-corrected chi connectivity index (χ3v) is 3.50. The minimum Gasteiger partial charge on any atom is -0.759 e. The van der Waals surface area contributed by atoms with E-state index in [9.17, 15) is 9.59 Å². The molecule has 0 amide bonds. The number of hydrogen-bond donors (Lipinski definition) is 0. The second-order valence-corrected chi connectivity index (χ2v) is 8.41. The molecule has 172 valence electrons. The molecule has 0 aromatic heterocycles. The molecule has 29 heavy (non-hydrogen) atoms. The lowest BCUT2D eigenvalue weighted by Crippen LogP contribution is -2.41. The lowest BCUT2D eigenvalue weighted by atomic mass is 10.4. The van der Waals surface area contributed by atoms with Crippen molar-refractivity contribution in [3.8, 4) is 0 Å². The van der Waals surface area contributed by atoms with Crippen molar-refractivity contribution in [2.75, 3.05) is 54.7 Å². The number of carbonyl (C=O) groups is 2. The molecule has 0 rings (SSSR count). The first kappa shape index (κ1) is 31.9. The highest BCUT2D eigenvalue weighted by Gasteiger charge is 2.15. The van der Waals surface area contributed by atoms with Crippen LogP contribution in [0, 0.1) is 0 Å². The molecule has 0 spiro atoms. The molecular weight excluding hydrogens is 404 g/mol. The van der Waals surface area contributed by atoms with Gasteiger partial charge in [-0.05, 0) is 27.7 Å². The molecule has 0 bridgehead atoms. The molecule has 0 aromatic rings. The molecular formula is C18H36N2O8S. The van der Waals surface area contributed by atoms with E-state index in [1.165, 1.54) is 0 Å². The largest absolute Gasteiger partial charge is 0.759 e. The minimum absolute atomic E-state index is 0.311. The van der Waals surface area contributed by atoms with Crippen LogP contribution >= 0.6 is 0 Å². The number of nitrogens with zero attached hydrogens (tertiary/aromatic N) is 2. The van der Waals surface area contributed by atoms with Crippen molar-refractivity contribution in [1.82, 2.24) is 0 Å². The van der Waals surface area contributed by atoms with Crippen LogP contribution in [0.3, 0.4) is 0 Å². The van der Waals surface area contributed by atoms with Gasteiger partial charge in [0.05, 0.1) is 41.3 Å². The maximum absolute atomic E-state index is 11.0. The van der Waals surface area contributed by atoms with Crippen LogP contribution in [-0.2, 0) is 29.5 Å². The molecule has 0 unspecified atom stereocenters. The molecule has 0 saturated heterocycles. The third kappa shape index (κ3) is 26.2. The van der Waals surface area contributed by atoms with E-state index >= 15 is 0 Å². The van der Waals surface area contributed by atoms with Gasteiger partial charge in [-0.1, -0.05) is 13.2 Å². The third-order valence-electron chi connectivity index (χ3n) is 3.50. The average molecular weight is 441 g/mol. The fourth-order valence-electron chi connectivity index (χ4n) is 0.896. The summed E-state index contributed by atoms with van der Waals surface area (Å²) in [6, 6.07) is 0. The van der Waals surface area contributed by atoms with Gasteiger partial charge in [-0.15, -0.1) is 0 Å². The van der Waals surface area contributed by atoms with Gasteiger partial charge in [0.1, 0.15) is 0 Å². The Morgan fingerprint density at radius 2 is 1.00 bits per heavy atom. The number of rotatable bonds is 8. The topological polar surface area (TPSA) is 133 Å². The zero-order chi connectivity index (χ0) is 24.1. The predicted molar refractivity (Wildman–Crippen MR) is 107 cm³/mol. The van der Waals surface area contributed by atoms with E-state index in [1.54, 1.807) is 13.8 Å². The summed E-state index contributed by atoms with van der Waals surface area (Å²) in [5.41, 5.74) is 0.900. The maximum Gasteiger partial charge on any atom is 0.337 e. The second kappa shape index (κ2) is 14.2. The summed E-state index contributed by atoms with van der Waals surface area (Å²) in [6.07, 6.45) is 0. The first-order chi connectivity index (χ1) is 12.8. The Hall–Kier alpha value is -1.79. The Labute approximate surface area is 175 Å². The molecule has 0 radical (unpaired) electrons. The maximum atomic E-state index is 11.0. The first-order valence-corrected chi connectivity index (χ1v) is 10.1. The molecule has 0 N–H and O–H groups in total. The van der Waals surface area contributed by atoms with Crippen molar-refractivity contribution in [2.24, 2.45) is 0 Å². The Morgan fingerprint density at radius 3 is 1.14 bits per heavy atom. The van der Waals surface area contributed by atoms with E-state index in [0.29, 0.717) is 33.6 Å². The number of quaternary nitrogens is 2. The Morgan fingerprint density at radius 1 is 0.793 bits per heavy atom. The highest BCUT2D eigenvalue weighted by atomic mass is 32.3. The normalized spacial score (nSPS) is 11.1. The van der Waals surface area contributed by atoms with Crippen LogP contribution in [0.4, 0.5) is 0 Å². The number of hydrogen-bond acceptors (Lipinski definition) is 8. The molecule has 11 heteroatoms. The van der Waals surface area contributed by atoms with Crippen molar-refractivity contribution in [3.63, 3.8) is 0 Å². The van der Waals surface area contributed by atoms with Crippen LogP contribution in [-0.4, -0.2) is 93.2 Å². The molecule has 0 aliphatic rings. The van der Waals surface area contributed by atoms with Gasteiger partial charge >= 0.3 is 11.9 Å². The van der Waals surface area contributed by atoms with E-state index in [1.807, 2.05) is 28.2 Å². The zero-order valence-corrected chi connectivity index (χ0v) is 19.6. The summed E-state index contributed by atoms with van der Waals surface area (Å²) in [5, 5.41) is 0. The van der Waals surface area contributed by atoms with Crippen LogP contribution in [0.1, 0.15) is 27.7 Å². The van der Waals surface area contributed by atoms with Crippen LogP contribution in [0.5, 0.6) is 0 Å². The van der Waals surface area contributed by atoms with Crippen molar-refractivity contribution >= 4 is 22.3 Å². The van der Waals surface area contributed by atoms with Crippen molar-refractivity contribution in [2.45, 2.75) is 27.7 Å². The van der Waals surface area contributed by atoms with E-state index < -0.39 is 10.4 Å². The van der Waals surface area contributed by atoms with Gasteiger partial charge < -0.3 is 18.6 Å². The first-order valence-electron chi connectivity index (χ1n) is 8.74. The van der Waals surface area contributed by atoms with Gasteiger partial charge in [0.15, 0.2) is 0 Å². The number of carbonyl (C=O) groups excluding carboxylic acids is 2. The van der Waals surface area contributed by atoms with Gasteiger partial charge in [-0.25, -0.2) is 9.59 Å². The van der Waals surface area contributed by atoms with Gasteiger partial charge in [-0.3, -0.25) is 17.4 Å². The summed E-state index contributed by atoms with van der Waals surface area (Å²) in [6.45, 7) is 17.1. The second-order valence-electron chi connectivity index (χ2n) is 7.59. The van der Waals surface area contributed by atoms with Crippen molar-refractivity contribution in [3.05, 3.63) is 24.3 Å². The Bertz CT molecular complexity index is 605. The van der Waals surface area contributed by atoms with Crippen LogP contribution < -0.4 is 0 Å². The minimum atomic E-state index is -5.17. The fraction of sp³-hybridized carbons (Fsp3) is 0.667. The molecule has 0 fully saturated rings. The van der Waals surface area contributed by atoms with E-state index in [2.05, 4.69) is 27.0 Å². The van der Waals surface area contributed by atoms with Gasteiger partial charge in [-0.2, -0.15) is 0 Å². The van der Waals surface area contributed by atoms with E-state index in [-0.39, 0.29) is 11.9 Å². The van der Waals surface area contributed by atoms with Crippen molar-refractivity contribution in [1.29, 1.82) is 0 Å². The standard InChI is InChI=1S/2C9H18NO2.H2O4S/c2*1-6-10(4,5)7-12-9(11)8(2)3;1-5(2,3)4/h2*2,6-7H2,1,3-5H3;(H2,1,2,3,4)/q2*+1;/p-2. The summed E-state index contributed by atoms with van der Waals surface area (Å²) >= 11 is 0. The lowest BCUT2D eigenvalue weighted by molar-refractivity contribution is -0.905.